The van der Waals surface area contributed by atoms with Gasteiger partial charge in [-0.3, -0.25) is 19.6 Å². The van der Waals surface area contributed by atoms with Gasteiger partial charge in [-0.1, -0.05) is 24.3 Å². The Balaban J connectivity index is 1.56. The number of hydrogen-bond acceptors (Lipinski definition) is 5. The molecule has 2 N–H and O–H groups in total. The number of fused-ring (bicyclic) bond motifs is 2. The van der Waals surface area contributed by atoms with E-state index in [1.165, 1.54) is 23.2 Å². The second-order valence-corrected chi connectivity index (χ2v) is 8.25. The molecule has 1 aliphatic rings. The first-order valence-corrected chi connectivity index (χ1v) is 10.8. The second kappa shape index (κ2) is 8.55. The lowest BCUT2D eigenvalue weighted by atomic mass is 9.95. The lowest BCUT2D eigenvalue weighted by molar-refractivity contribution is 0.0763. The molecule has 0 aliphatic carbocycles. The van der Waals surface area contributed by atoms with Gasteiger partial charge < -0.3 is 15.3 Å². The average Bonchev–Trinajstić information content (AvgIpc) is 3.17. The molecule has 0 saturated heterocycles. The molecule has 2 aromatic carbocycles. The Kier molecular flexibility index (Phi) is 5.41. The van der Waals surface area contributed by atoms with Gasteiger partial charge in [0.05, 0.1) is 17.2 Å². The second-order valence-electron chi connectivity index (χ2n) is 8.25. The lowest BCUT2D eigenvalue weighted by Gasteiger charge is -2.18. The van der Waals surface area contributed by atoms with Gasteiger partial charge in [-0.15, -0.1) is 0 Å². The van der Waals surface area contributed by atoms with Gasteiger partial charge in [0.15, 0.2) is 5.75 Å². The minimum Gasteiger partial charge on any atom is -0.505 e. The van der Waals surface area contributed by atoms with Gasteiger partial charge in [0.2, 0.25) is 0 Å². The SMILES string of the molecule is CC(NC(=O)c1c2c(c(O)c3ncccc13)C(=O)N(Cc1ccc(F)cc1)C2)c1cccnc1. The molecular weight excluding hydrogens is 435 g/mol. The first kappa shape index (κ1) is 21.5. The highest BCUT2D eigenvalue weighted by Gasteiger charge is 2.36. The summed E-state index contributed by atoms with van der Waals surface area (Å²) in [7, 11) is 0. The van der Waals surface area contributed by atoms with Crippen molar-refractivity contribution >= 4 is 22.7 Å². The summed E-state index contributed by atoms with van der Waals surface area (Å²) in [6, 6.07) is 12.6. The molecule has 0 bridgehead atoms. The normalized spacial score (nSPS) is 13.7. The van der Waals surface area contributed by atoms with Crippen LogP contribution in [0.1, 0.15) is 50.4 Å². The van der Waals surface area contributed by atoms with Crippen LogP contribution in [0.2, 0.25) is 0 Å². The number of phenols is 1. The molecule has 1 unspecified atom stereocenters. The van der Waals surface area contributed by atoms with Crippen molar-refractivity contribution in [2.24, 2.45) is 0 Å². The number of phenolic OH excluding ortho intramolecular Hbond substituents is 1. The molecule has 170 valence electrons. The van der Waals surface area contributed by atoms with Crippen molar-refractivity contribution in [3.8, 4) is 5.75 Å². The predicted octanol–water partition coefficient (Wildman–Crippen LogP) is 4.12. The Bertz CT molecular complexity index is 1410. The van der Waals surface area contributed by atoms with Crippen molar-refractivity contribution in [3.05, 3.63) is 101 Å². The van der Waals surface area contributed by atoms with E-state index in [0.717, 1.165) is 11.1 Å². The van der Waals surface area contributed by atoms with E-state index >= 15 is 0 Å². The summed E-state index contributed by atoms with van der Waals surface area (Å²) in [6.07, 6.45) is 4.84. The molecule has 8 heteroatoms. The van der Waals surface area contributed by atoms with E-state index in [0.29, 0.717) is 16.5 Å². The summed E-state index contributed by atoms with van der Waals surface area (Å²) in [4.78, 5) is 36.7. The van der Waals surface area contributed by atoms with Crippen molar-refractivity contribution < 1.29 is 19.1 Å². The first-order valence-electron chi connectivity index (χ1n) is 10.8. The summed E-state index contributed by atoms with van der Waals surface area (Å²) in [5.74, 6) is -1.38. The zero-order chi connectivity index (χ0) is 23.8. The third kappa shape index (κ3) is 3.73. The van der Waals surface area contributed by atoms with Crippen LogP contribution in [0.15, 0.2) is 67.1 Å². The lowest BCUT2D eigenvalue weighted by Crippen LogP contribution is -2.28. The molecule has 5 rings (SSSR count). The van der Waals surface area contributed by atoms with Gasteiger partial charge in [-0.05, 0) is 42.3 Å². The number of carbonyl (C=O) groups is 2. The van der Waals surface area contributed by atoms with E-state index in [1.54, 1.807) is 42.7 Å². The summed E-state index contributed by atoms with van der Waals surface area (Å²) >= 11 is 0. The fourth-order valence-corrected chi connectivity index (χ4v) is 4.34. The summed E-state index contributed by atoms with van der Waals surface area (Å²) < 4.78 is 13.3. The molecule has 1 aliphatic heterocycles. The van der Waals surface area contributed by atoms with Crippen LogP contribution < -0.4 is 5.32 Å². The fraction of sp³-hybridized carbons (Fsp3) is 0.154. The van der Waals surface area contributed by atoms with Gasteiger partial charge >= 0.3 is 0 Å². The largest absolute Gasteiger partial charge is 0.505 e. The van der Waals surface area contributed by atoms with Gasteiger partial charge in [-0.2, -0.15) is 0 Å². The molecular formula is C26H21FN4O3. The number of rotatable bonds is 5. The average molecular weight is 456 g/mol. The highest BCUT2D eigenvalue weighted by atomic mass is 19.1. The summed E-state index contributed by atoms with van der Waals surface area (Å²) in [6.45, 7) is 2.19. The molecule has 1 atom stereocenters. The van der Waals surface area contributed by atoms with Crippen LogP contribution in [0.25, 0.3) is 10.9 Å². The minimum absolute atomic E-state index is 0.0764. The number of aromatic nitrogens is 2. The quantitative estimate of drug-likeness (QED) is 0.471. The maximum atomic E-state index is 13.5. The Morgan fingerprint density at radius 1 is 1.18 bits per heavy atom. The van der Waals surface area contributed by atoms with E-state index in [2.05, 4.69) is 15.3 Å². The number of nitrogens with zero attached hydrogens (tertiary/aromatic N) is 3. The van der Waals surface area contributed by atoms with Crippen LogP contribution in [-0.2, 0) is 13.1 Å². The van der Waals surface area contributed by atoms with Gasteiger partial charge in [0.25, 0.3) is 11.8 Å². The maximum Gasteiger partial charge on any atom is 0.258 e. The zero-order valence-electron chi connectivity index (χ0n) is 18.3. The minimum atomic E-state index is -0.404. The number of benzene rings is 2. The van der Waals surface area contributed by atoms with Crippen LogP contribution in [0.3, 0.4) is 0 Å². The van der Waals surface area contributed by atoms with Gasteiger partial charge in [-0.25, -0.2) is 4.39 Å². The smallest absolute Gasteiger partial charge is 0.258 e. The monoisotopic (exact) mass is 456 g/mol. The molecule has 34 heavy (non-hydrogen) atoms. The number of pyridine rings is 2. The van der Waals surface area contributed by atoms with Crippen LogP contribution >= 0.6 is 0 Å². The molecule has 3 heterocycles. The highest BCUT2D eigenvalue weighted by Crippen LogP contribution is 2.40. The first-order chi connectivity index (χ1) is 16.4. The molecule has 0 spiro atoms. The van der Waals surface area contributed by atoms with Gasteiger partial charge in [0.1, 0.15) is 11.3 Å². The van der Waals surface area contributed by atoms with Crippen molar-refractivity contribution in [1.82, 2.24) is 20.2 Å². The van der Waals surface area contributed by atoms with Crippen LogP contribution in [0.5, 0.6) is 5.75 Å². The molecule has 0 fully saturated rings. The number of hydrogen-bond donors (Lipinski definition) is 2. The highest BCUT2D eigenvalue weighted by molar-refractivity contribution is 6.15. The number of amides is 2. The van der Waals surface area contributed by atoms with Crippen LogP contribution in [0.4, 0.5) is 4.39 Å². The third-order valence-electron chi connectivity index (χ3n) is 6.04. The molecule has 2 aromatic heterocycles. The predicted molar refractivity (Wildman–Crippen MR) is 124 cm³/mol. The van der Waals surface area contributed by atoms with E-state index in [4.69, 9.17) is 0 Å². The Labute approximate surface area is 194 Å². The molecule has 4 aromatic rings. The van der Waals surface area contributed by atoms with E-state index in [-0.39, 0.29) is 47.7 Å². The third-order valence-corrected chi connectivity index (χ3v) is 6.04. The zero-order valence-corrected chi connectivity index (χ0v) is 18.3. The standard InChI is InChI=1S/C26H21FN4O3/c1-15(17-4-2-10-28-12-17)30-25(33)21-19-5-3-11-29-23(19)24(32)22-20(21)14-31(26(22)34)13-16-6-8-18(27)9-7-16/h2-12,15,32H,13-14H2,1H3,(H,30,33). The van der Waals surface area contributed by atoms with Crippen LogP contribution in [-0.4, -0.2) is 31.8 Å². The van der Waals surface area contributed by atoms with Crippen LogP contribution in [0, 0.1) is 5.82 Å². The molecule has 0 saturated carbocycles. The summed E-state index contributed by atoms with van der Waals surface area (Å²) in [5, 5.41) is 14.4. The molecule has 0 radical (unpaired) electrons. The van der Waals surface area contributed by atoms with E-state index in [9.17, 15) is 19.1 Å². The molecule has 2 amide bonds. The summed E-state index contributed by atoms with van der Waals surface area (Å²) in [5.41, 5.74) is 2.59. The van der Waals surface area contributed by atoms with Crippen molar-refractivity contribution in [1.29, 1.82) is 0 Å². The Hall–Kier alpha value is -4.33. The van der Waals surface area contributed by atoms with Gasteiger partial charge in [0, 0.05) is 42.6 Å². The fourth-order valence-electron chi connectivity index (χ4n) is 4.34. The van der Waals surface area contributed by atoms with E-state index < -0.39 is 5.91 Å². The Morgan fingerprint density at radius 3 is 2.68 bits per heavy atom. The van der Waals surface area contributed by atoms with Crippen molar-refractivity contribution in [2.45, 2.75) is 26.1 Å². The number of halogens is 1. The number of carbonyl (C=O) groups excluding carboxylic acids is 2. The van der Waals surface area contributed by atoms with Crippen molar-refractivity contribution in [2.75, 3.05) is 0 Å². The maximum absolute atomic E-state index is 13.5. The van der Waals surface area contributed by atoms with E-state index in [1.807, 2.05) is 13.0 Å². The topological polar surface area (TPSA) is 95.4 Å². The number of aromatic hydroxyl groups is 1. The van der Waals surface area contributed by atoms with Crippen molar-refractivity contribution in [3.63, 3.8) is 0 Å². The number of nitrogens with one attached hydrogen (secondary N) is 1. The Morgan fingerprint density at radius 2 is 1.94 bits per heavy atom. The molecule has 7 nitrogen and oxygen atoms in total.